The first kappa shape index (κ1) is 13.2. The topological polar surface area (TPSA) is 94.6 Å². The Hall–Kier alpha value is -0.890. The van der Waals surface area contributed by atoms with Crippen LogP contribution in [0.5, 0.6) is 0 Å². The van der Waals surface area contributed by atoms with E-state index in [-0.39, 0.29) is 6.61 Å². The summed E-state index contributed by atoms with van der Waals surface area (Å²) in [5.74, 6) is 1.28. The molecule has 0 saturated carbocycles. The van der Waals surface area contributed by atoms with E-state index in [0.717, 1.165) is 12.2 Å². The Morgan fingerprint density at radius 3 is 2.69 bits per heavy atom. The monoisotopic (exact) mass is 248 g/mol. The highest BCUT2D eigenvalue weighted by atomic mass is 32.2. The zero-order valence-corrected chi connectivity index (χ0v) is 10.1. The van der Waals surface area contributed by atoms with Gasteiger partial charge in [0.05, 0.1) is 6.61 Å². The Morgan fingerprint density at radius 2 is 2.25 bits per heavy atom. The largest absolute Gasteiger partial charge is 0.464 e. The molecule has 0 fully saturated rings. The molecule has 0 aliphatic carbocycles. The van der Waals surface area contributed by atoms with Crippen molar-refractivity contribution >= 4 is 10.2 Å². The van der Waals surface area contributed by atoms with Gasteiger partial charge in [0.2, 0.25) is 0 Å². The maximum absolute atomic E-state index is 10.9. The van der Waals surface area contributed by atoms with Crippen LogP contribution in [-0.4, -0.2) is 22.1 Å². The van der Waals surface area contributed by atoms with Crippen molar-refractivity contribution in [3.8, 4) is 0 Å². The van der Waals surface area contributed by atoms with Crippen LogP contribution in [-0.2, 0) is 21.4 Å². The van der Waals surface area contributed by atoms with Crippen molar-refractivity contribution in [1.82, 2.24) is 4.72 Å². The summed E-state index contributed by atoms with van der Waals surface area (Å²) in [5.41, 5.74) is 0. The van der Waals surface area contributed by atoms with Crippen LogP contribution in [0.15, 0.2) is 16.5 Å². The van der Waals surface area contributed by atoms with Gasteiger partial charge in [-0.2, -0.15) is 13.1 Å². The first-order valence-corrected chi connectivity index (χ1v) is 6.38. The van der Waals surface area contributed by atoms with Crippen LogP contribution in [0, 0.1) is 0 Å². The van der Waals surface area contributed by atoms with Gasteiger partial charge in [-0.15, -0.1) is 0 Å². The molecule has 1 heterocycles. The molecule has 0 aromatic carbocycles. The fourth-order valence-electron chi connectivity index (χ4n) is 1.31. The van der Waals surface area contributed by atoms with E-state index in [0.29, 0.717) is 5.76 Å². The highest BCUT2D eigenvalue weighted by molar-refractivity contribution is 7.87. The second kappa shape index (κ2) is 5.44. The van der Waals surface area contributed by atoms with Gasteiger partial charge in [-0.05, 0) is 12.1 Å². The maximum Gasteiger partial charge on any atom is 0.275 e. The zero-order valence-electron chi connectivity index (χ0n) is 9.26. The Morgan fingerprint density at radius 1 is 1.56 bits per heavy atom. The fraction of sp³-hybridized carbons (Fsp3) is 0.556. The van der Waals surface area contributed by atoms with E-state index < -0.39 is 16.3 Å². The van der Waals surface area contributed by atoms with Gasteiger partial charge in [0, 0.05) is 13.5 Å². The Bertz CT molecular complexity index is 426. The predicted octanol–water partition coefficient (Wildman–Crippen LogP) is 0.323. The number of ether oxygens (including phenoxy) is 1. The summed E-state index contributed by atoms with van der Waals surface area (Å²) < 4.78 is 34.4. The van der Waals surface area contributed by atoms with E-state index in [1.54, 1.807) is 12.1 Å². The van der Waals surface area contributed by atoms with Crippen molar-refractivity contribution in [2.24, 2.45) is 5.14 Å². The molecule has 7 heteroatoms. The SMILES string of the molecule is CCc1ccc(C(COC)NS(N)(=O)=O)o1. The van der Waals surface area contributed by atoms with Gasteiger partial charge >= 0.3 is 0 Å². The molecular weight excluding hydrogens is 232 g/mol. The summed E-state index contributed by atoms with van der Waals surface area (Å²) in [6.45, 7) is 2.11. The number of furan rings is 1. The molecule has 0 amide bonds. The van der Waals surface area contributed by atoms with Crippen LogP contribution in [0.2, 0.25) is 0 Å². The van der Waals surface area contributed by atoms with Crippen molar-refractivity contribution in [2.45, 2.75) is 19.4 Å². The van der Waals surface area contributed by atoms with Gasteiger partial charge in [-0.1, -0.05) is 6.92 Å². The Balaban J connectivity index is 2.84. The van der Waals surface area contributed by atoms with Crippen LogP contribution in [0.3, 0.4) is 0 Å². The normalized spacial score (nSPS) is 13.9. The second-order valence-corrected chi connectivity index (χ2v) is 4.65. The lowest BCUT2D eigenvalue weighted by Gasteiger charge is -2.13. The van der Waals surface area contributed by atoms with E-state index in [4.69, 9.17) is 14.3 Å². The smallest absolute Gasteiger partial charge is 0.275 e. The fourth-order valence-corrected chi connectivity index (χ4v) is 1.89. The van der Waals surface area contributed by atoms with Crippen molar-refractivity contribution in [2.75, 3.05) is 13.7 Å². The molecule has 16 heavy (non-hydrogen) atoms. The number of nitrogens with two attached hydrogens (primary N) is 1. The van der Waals surface area contributed by atoms with E-state index in [1.807, 2.05) is 6.92 Å². The van der Waals surface area contributed by atoms with Gasteiger partial charge in [-0.25, -0.2) is 5.14 Å². The summed E-state index contributed by atoms with van der Waals surface area (Å²) in [6.07, 6.45) is 0.745. The molecule has 1 unspecified atom stereocenters. The van der Waals surface area contributed by atoms with Crippen LogP contribution in [0.4, 0.5) is 0 Å². The minimum absolute atomic E-state index is 0.160. The van der Waals surface area contributed by atoms with E-state index in [1.165, 1.54) is 7.11 Å². The molecule has 0 saturated heterocycles. The van der Waals surface area contributed by atoms with E-state index >= 15 is 0 Å². The summed E-state index contributed by atoms with van der Waals surface area (Å²) in [4.78, 5) is 0. The molecule has 1 rings (SSSR count). The third-order valence-corrected chi connectivity index (χ3v) is 2.63. The number of hydrogen-bond donors (Lipinski definition) is 2. The zero-order chi connectivity index (χ0) is 12.2. The van der Waals surface area contributed by atoms with Crippen molar-refractivity contribution in [1.29, 1.82) is 0 Å². The standard InChI is InChI=1S/C9H16N2O4S/c1-3-7-4-5-9(15-7)8(6-14-2)11-16(10,12)13/h4-5,8,11H,3,6H2,1-2H3,(H2,10,12,13). The van der Waals surface area contributed by atoms with Crippen molar-refractivity contribution < 1.29 is 17.6 Å². The maximum atomic E-state index is 10.9. The first-order chi connectivity index (χ1) is 7.46. The molecule has 0 aliphatic heterocycles. The molecule has 6 nitrogen and oxygen atoms in total. The average Bonchev–Trinajstić information content (AvgIpc) is 2.63. The number of nitrogens with one attached hydrogen (secondary N) is 1. The number of aryl methyl sites for hydroxylation is 1. The lowest BCUT2D eigenvalue weighted by atomic mass is 10.2. The van der Waals surface area contributed by atoms with Crippen LogP contribution < -0.4 is 9.86 Å². The lowest BCUT2D eigenvalue weighted by molar-refractivity contribution is 0.166. The summed E-state index contributed by atoms with van der Waals surface area (Å²) in [5, 5.41) is 4.91. The van der Waals surface area contributed by atoms with Crippen LogP contribution >= 0.6 is 0 Å². The molecule has 92 valence electrons. The third kappa shape index (κ3) is 3.93. The minimum atomic E-state index is -3.78. The van der Waals surface area contributed by atoms with Gasteiger partial charge in [0.1, 0.15) is 17.6 Å². The highest BCUT2D eigenvalue weighted by Gasteiger charge is 2.19. The van der Waals surface area contributed by atoms with Gasteiger partial charge in [0.25, 0.3) is 10.2 Å². The van der Waals surface area contributed by atoms with Crippen molar-refractivity contribution in [3.63, 3.8) is 0 Å². The molecule has 0 spiro atoms. The molecule has 0 bridgehead atoms. The van der Waals surface area contributed by atoms with E-state index in [9.17, 15) is 8.42 Å². The first-order valence-electron chi connectivity index (χ1n) is 4.84. The lowest BCUT2D eigenvalue weighted by Crippen LogP contribution is -2.36. The van der Waals surface area contributed by atoms with Gasteiger partial charge in [-0.3, -0.25) is 0 Å². The number of methoxy groups -OCH3 is 1. The summed E-state index contributed by atoms with van der Waals surface area (Å²) in [7, 11) is -2.31. The number of hydrogen-bond acceptors (Lipinski definition) is 4. The molecule has 0 radical (unpaired) electrons. The van der Waals surface area contributed by atoms with E-state index in [2.05, 4.69) is 4.72 Å². The Kier molecular flexibility index (Phi) is 4.48. The van der Waals surface area contributed by atoms with Crippen LogP contribution in [0.25, 0.3) is 0 Å². The number of rotatable bonds is 6. The Labute approximate surface area is 94.9 Å². The summed E-state index contributed by atoms with van der Waals surface area (Å²) >= 11 is 0. The molecule has 1 aromatic heterocycles. The quantitative estimate of drug-likeness (QED) is 0.758. The van der Waals surface area contributed by atoms with Gasteiger partial charge in [0.15, 0.2) is 0 Å². The molecular formula is C9H16N2O4S. The summed E-state index contributed by atoms with van der Waals surface area (Å²) in [6, 6.07) is 2.91. The molecule has 0 aliphatic rings. The highest BCUT2D eigenvalue weighted by Crippen LogP contribution is 2.17. The average molecular weight is 248 g/mol. The molecule has 1 atom stereocenters. The minimum Gasteiger partial charge on any atom is -0.464 e. The predicted molar refractivity (Wildman–Crippen MR) is 58.9 cm³/mol. The molecule has 3 N–H and O–H groups in total. The van der Waals surface area contributed by atoms with Crippen molar-refractivity contribution in [3.05, 3.63) is 23.7 Å². The van der Waals surface area contributed by atoms with Gasteiger partial charge < -0.3 is 9.15 Å². The van der Waals surface area contributed by atoms with Crippen LogP contribution in [0.1, 0.15) is 24.5 Å². The molecule has 1 aromatic rings. The third-order valence-electron chi connectivity index (χ3n) is 2.01. The second-order valence-electron chi connectivity index (χ2n) is 3.33.